The third kappa shape index (κ3) is 3.66. The number of carbonyl (C=O) groups excluding carboxylic acids is 1. The number of carbonyl (C=O) groups is 1. The molecule has 1 aliphatic carbocycles. The van der Waals surface area contributed by atoms with Crippen molar-refractivity contribution in [2.75, 3.05) is 7.11 Å². The number of benzene rings is 1. The Morgan fingerprint density at radius 3 is 2.47 bits per heavy atom. The highest BCUT2D eigenvalue weighted by Crippen LogP contribution is 2.33. The zero-order valence-electron chi connectivity index (χ0n) is 11.9. The summed E-state index contributed by atoms with van der Waals surface area (Å²) in [6.45, 7) is 0. The van der Waals surface area contributed by atoms with Crippen LogP contribution in [-0.4, -0.2) is 18.5 Å². The van der Waals surface area contributed by atoms with Crippen LogP contribution in [0.1, 0.15) is 50.5 Å². The third-order valence-corrected chi connectivity index (χ3v) is 4.27. The second kappa shape index (κ2) is 6.85. The van der Waals surface area contributed by atoms with E-state index in [-0.39, 0.29) is 0 Å². The molecule has 0 heterocycles. The van der Waals surface area contributed by atoms with Gasteiger partial charge < -0.3 is 4.74 Å². The van der Waals surface area contributed by atoms with Gasteiger partial charge >= 0.3 is 0 Å². The highest BCUT2D eigenvalue weighted by molar-refractivity contribution is 5.87. The second-order valence-corrected chi connectivity index (χ2v) is 5.52. The number of ether oxygens (including phenoxy) is 1. The smallest absolute Gasteiger partial charge is 0.164 e. The standard InChI is InChI=1S/C17H24O2/c1-19-17(13-6-3-7-14-17)16(18)12-8-11-15-9-4-2-5-10-15/h2,4-5,9-10H,3,6-8,11-14H2,1H3. The normalized spacial score (nSPS) is 18.2. The van der Waals surface area contributed by atoms with E-state index in [1.165, 1.54) is 12.0 Å². The molecule has 19 heavy (non-hydrogen) atoms. The maximum absolute atomic E-state index is 12.4. The molecule has 2 rings (SSSR count). The fourth-order valence-electron chi connectivity index (χ4n) is 3.05. The van der Waals surface area contributed by atoms with Gasteiger partial charge in [0.05, 0.1) is 0 Å². The van der Waals surface area contributed by atoms with Crippen LogP contribution in [0.3, 0.4) is 0 Å². The van der Waals surface area contributed by atoms with Crippen LogP contribution >= 0.6 is 0 Å². The third-order valence-electron chi connectivity index (χ3n) is 4.27. The van der Waals surface area contributed by atoms with E-state index in [4.69, 9.17) is 4.74 Å². The molecule has 0 saturated heterocycles. The Hall–Kier alpha value is -1.15. The van der Waals surface area contributed by atoms with E-state index >= 15 is 0 Å². The van der Waals surface area contributed by atoms with Crippen LogP contribution < -0.4 is 0 Å². The van der Waals surface area contributed by atoms with E-state index in [2.05, 4.69) is 24.3 Å². The van der Waals surface area contributed by atoms with Gasteiger partial charge in [-0.2, -0.15) is 0 Å². The lowest BCUT2D eigenvalue weighted by molar-refractivity contribution is -0.145. The SMILES string of the molecule is COC1(C(=O)CCCc2ccccc2)CCCCC1. The van der Waals surface area contributed by atoms with E-state index in [1.54, 1.807) is 7.11 Å². The van der Waals surface area contributed by atoms with Gasteiger partial charge in [-0.25, -0.2) is 0 Å². The van der Waals surface area contributed by atoms with Gasteiger partial charge in [0.2, 0.25) is 0 Å². The molecule has 0 radical (unpaired) electrons. The predicted molar refractivity (Wildman–Crippen MR) is 77.2 cm³/mol. The summed E-state index contributed by atoms with van der Waals surface area (Å²) in [4.78, 5) is 12.4. The molecule has 104 valence electrons. The molecule has 1 aromatic carbocycles. The molecule has 0 atom stereocenters. The maximum atomic E-state index is 12.4. The van der Waals surface area contributed by atoms with Crippen molar-refractivity contribution in [1.29, 1.82) is 0 Å². The Bertz CT molecular complexity index is 391. The Morgan fingerprint density at radius 1 is 1.16 bits per heavy atom. The molecular formula is C17H24O2. The van der Waals surface area contributed by atoms with Gasteiger partial charge in [0.1, 0.15) is 5.60 Å². The highest BCUT2D eigenvalue weighted by Gasteiger charge is 2.38. The summed E-state index contributed by atoms with van der Waals surface area (Å²) in [5, 5.41) is 0. The van der Waals surface area contributed by atoms with Crippen molar-refractivity contribution in [1.82, 2.24) is 0 Å². The first-order valence-electron chi connectivity index (χ1n) is 7.39. The van der Waals surface area contributed by atoms with Crippen LogP contribution in [0.15, 0.2) is 30.3 Å². The summed E-state index contributed by atoms with van der Waals surface area (Å²) in [6, 6.07) is 10.4. The molecular weight excluding hydrogens is 236 g/mol. The molecule has 0 amide bonds. The predicted octanol–water partition coefficient (Wildman–Crippen LogP) is 3.93. The van der Waals surface area contributed by atoms with Gasteiger partial charge in [-0.3, -0.25) is 4.79 Å². The molecule has 0 bridgehead atoms. The van der Waals surface area contributed by atoms with Crippen LogP contribution in [0.2, 0.25) is 0 Å². The lowest BCUT2D eigenvalue weighted by atomic mass is 9.80. The monoisotopic (exact) mass is 260 g/mol. The number of Topliss-reactive ketones (excluding diaryl/α,β-unsaturated/α-hetero) is 1. The first kappa shape index (κ1) is 14.3. The summed E-state index contributed by atoms with van der Waals surface area (Å²) < 4.78 is 5.59. The van der Waals surface area contributed by atoms with Crippen molar-refractivity contribution in [2.24, 2.45) is 0 Å². The highest BCUT2D eigenvalue weighted by atomic mass is 16.5. The molecule has 0 spiro atoms. The summed E-state index contributed by atoms with van der Waals surface area (Å²) in [5.41, 5.74) is 0.847. The first-order valence-corrected chi connectivity index (χ1v) is 7.39. The van der Waals surface area contributed by atoms with Gasteiger partial charge in [0.15, 0.2) is 5.78 Å². The van der Waals surface area contributed by atoms with Crippen LogP contribution in [-0.2, 0) is 16.0 Å². The molecule has 2 nitrogen and oxygen atoms in total. The minimum atomic E-state index is -0.463. The van der Waals surface area contributed by atoms with E-state index < -0.39 is 5.60 Å². The van der Waals surface area contributed by atoms with Gasteiger partial charge in [-0.15, -0.1) is 0 Å². The zero-order valence-corrected chi connectivity index (χ0v) is 11.9. The average molecular weight is 260 g/mol. The van der Waals surface area contributed by atoms with E-state index in [1.807, 2.05) is 6.07 Å². The number of rotatable bonds is 6. The second-order valence-electron chi connectivity index (χ2n) is 5.52. The summed E-state index contributed by atoms with van der Waals surface area (Å²) in [6.07, 6.45) is 7.85. The van der Waals surface area contributed by atoms with Crippen molar-refractivity contribution >= 4 is 5.78 Å². The topological polar surface area (TPSA) is 26.3 Å². The van der Waals surface area contributed by atoms with E-state index in [0.29, 0.717) is 12.2 Å². The maximum Gasteiger partial charge on any atom is 0.164 e. The quantitative estimate of drug-likeness (QED) is 0.774. The Balaban J connectivity index is 1.83. The van der Waals surface area contributed by atoms with Crippen molar-refractivity contribution in [2.45, 2.75) is 57.0 Å². The first-order chi connectivity index (χ1) is 9.27. The minimum Gasteiger partial charge on any atom is -0.370 e. The molecule has 0 unspecified atom stereocenters. The van der Waals surface area contributed by atoms with Crippen LogP contribution in [0.4, 0.5) is 0 Å². The summed E-state index contributed by atoms with van der Waals surface area (Å²) in [7, 11) is 1.69. The molecule has 1 aliphatic rings. The minimum absolute atomic E-state index is 0.311. The summed E-state index contributed by atoms with van der Waals surface area (Å²) in [5.74, 6) is 0.311. The Labute approximate surface area is 116 Å². The number of aryl methyl sites for hydroxylation is 1. The lowest BCUT2D eigenvalue weighted by Crippen LogP contribution is -2.42. The van der Waals surface area contributed by atoms with Crippen molar-refractivity contribution in [3.05, 3.63) is 35.9 Å². The Kier molecular flexibility index (Phi) is 5.15. The number of ketones is 1. The van der Waals surface area contributed by atoms with E-state index in [9.17, 15) is 4.79 Å². The average Bonchev–Trinajstić information content (AvgIpc) is 2.49. The molecule has 0 aliphatic heterocycles. The van der Waals surface area contributed by atoms with Crippen LogP contribution in [0.5, 0.6) is 0 Å². The molecule has 0 N–H and O–H groups in total. The fraction of sp³-hybridized carbons (Fsp3) is 0.588. The van der Waals surface area contributed by atoms with Gasteiger partial charge in [0, 0.05) is 13.5 Å². The van der Waals surface area contributed by atoms with Gasteiger partial charge in [-0.1, -0.05) is 49.6 Å². The van der Waals surface area contributed by atoms with Crippen LogP contribution in [0.25, 0.3) is 0 Å². The van der Waals surface area contributed by atoms with Gasteiger partial charge in [-0.05, 0) is 31.2 Å². The van der Waals surface area contributed by atoms with Crippen LogP contribution in [0, 0.1) is 0 Å². The fourth-order valence-corrected chi connectivity index (χ4v) is 3.05. The lowest BCUT2D eigenvalue weighted by Gasteiger charge is -2.34. The molecule has 0 aromatic heterocycles. The number of hydrogen-bond acceptors (Lipinski definition) is 2. The molecule has 2 heteroatoms. The largest absolute Gasteiger partial charge is 0.370 e. The van der Waals surface area contributed by atoms with Crippen molar-refractivity contribution < 1.29 is 9.53 Å². The number of methoxy groups -OCH3 is 1. The summed E-state index contributed by atoms with van der Waals surface area (Å²) >= 11 is 0. The Morgan fingerprint density at radius 2 is 1.84 bits per heavy atom. The zero-order chi connectivity index (χ0) is 13.6. The molecule has 1 fully saturated rings. The molecule has 1 saturated carbocycles. The van der Waals surface area contributed by atoms with Crippen molar-refractivity contribution in [3.8, 4) is 0 Å². The van der Waals surface area contributed by atoms with E-state index in [0.717, 1.165) is 38.5 Å². The van der Waals surface area contributed by atoms with Crippen molar-refractivity contribution in [3.63, 3.8) is 0 Å². The number of hydrogen-bond donors (Lipinski definition) is 0. The molecule has 1 aromatic rings. The van der Waals surface area contributed by atoms with Gasteiger partial charge in [0.25, 0.3) is 0 Å².